The lowest BCUT2D eigenvalue weighted by atomic mass is 10.2. The number of carbonyl (C=O) groups is 1. The number of hydrogen-bond acceptors (Lipinski definition) is 6. The molecular weight excluding hydrogens is 378 g/mol. The molecule has 2 heterocycles. The van der Waals surface area contributed by atoms with Crippen LogP contribution in [0.3, 0.4) is 0 Å². The van der Waals surface area contributed by atoms with Crippen LogP contribution in [0.15, 0.2) is 73.2 Å². The summed E-state index contributed by atoms with van der Waals surface area (Å²) in [5, 5.41) is 7.01. The zero-order valence-corrected chi connectivity index (χ0v) is 16.7. The largest absolute Gasteiger partial charge is 0.491 e. The molecule has 0 saturated heterocycles. The highest BCUT2D eigenvalue weighted by Gasteiger charge is 2.12. The number of nitrogens with one attached hydrogen (secondary N) is 2. The number of ether oxygens (including phenoxy) is 1. The fourth-order valence-electron chi connectivity index (χ4n) is 2.98. The fourth-order valence-corrected chi connectivity index (χ4v) is 2.98. The molecule has 30 heavy (non-hydrogen) atoms. The van der Waals surface area contributed by atoms with E-state index in [4.69, 9.17) is 4.74 Å². The summed E-state index contributed by atoms with van der Waals surface area (Å²) in [4.78, 5) is 25.4. The second kappa shape index (κ2) is 8.57. The van der Waals surface area contributed by atoms with Crippen LogP contribution in [0.1, 0.15) is 24.3 Å². The smallest absolute Gasteiger partial charge is 0.274 e. The second-order valence-electron chi connectivity index (χ2n) is 6.94. The van der Waals surface area contributed by atoms with Crippen LogP contribution in [0.2, 0.25) is 0 Å². The Balaban J connectivity index is 1.49. The lowest BCUT2D eigenvalue weighted by molar-refractivity contribution is 0.102. The molecular formula is C23H21N5O2. The van der Waals surface area contributed by atoms with Crippen LogP contribution in [0.5, 0.6) is 5.75 Å². The maximum atomic E-state index is 12.7. The van der Waals surface area contributed by atoms with E-state index in [-0.39, 0.29) is 17.7 Å². The Bertz CT molecular complexity index is 1170. The van der Waals surface area contributed by atoms with Crippen molar-refractivity contribution in [1.29, 1.82) is 0 Å². The fraction of sp³-hybridized carbons (Fsp3) is 0.130. The molecule has 0 spiro atoms. The monoisotopic (exact) mass is 399 g/mol. The Hall–Kier alpha value is -4.00. The SMILES string of the molecule is CC(C)Oc1ccc(Nc2cc(C(=O)Nc3cccc4cccnc34)ncn2)cc1. The number of hydrogen-bond donors (Lipinski definition) is 2. The number of rotatable bonds is 6. The maximum Gasteiger partial charge on any atom is 0.274 e. The number of pyridine rings is 1. The zero-order valence-electron chi connectivity index (χ0n) is 16.7. The molecule has 2 aromatic heterocycles. The number of aromatic nitrogens is 3. The van der Waals surface area contributed by atoms with Crippen LogP contribution in [0, 0.1) is 0 Å². The van der Waals surface area contributed by atoms with Gasteiger partial charge in [-0.2, -0.15) is 0 Å². The molecule has 2 aromatic carbocycles. The maximum absolute atomic E-state index is 12.7. The first kappa shape index (κ1) is 19.3. The number of anilines is 3. The van der Waals surface area contributed by atoms with Crippen LogP contribution < -0.4 is 15.4 Å². The van der Waals surface area contributed by atoms with E-state index < -0.39 is 0 Å². The molecule has 0 bridgehead atoms. The number of carbonyl (C=O) groups excluding carboxylic acids is 1. The Labute approximate surface area is 174 Å². The lowest BCUT2D eigenvalue weighted by Gasteiger charge is -2.11. The summed E-state index contributed by atoms with van der Waals surface area (Å²) in [5.41, 5.74) is 2.44. The molecule has 7 heteroatoms. The van der Waals surface area contributed by atoms with Gasteiger partial charge in [0.25, 0.3) is 5.91 Å². The van der Waals surface area contributed by atoms with Gasteiger partial charge in [0.1, 0.15) is 23.6 Å². The van der Waals surface area contributed by atoms with Crippen LogP contribution in [-0.2, 0) is 0 Å². The van der Waals surface area contributed by atoms with E-state index in [2.05, 4.69) is 25.6 Å². The van der Waals surface area contributed by atoms with Crippen molar-refractivity contribution in [2.45, 2.75) is 20.0 Å². The van der Waals surface area contributed by atoms with E-state index in [0.29, 0.717) is 11.5 Å². The third kappa shape index (κ3) is 4.52. The predicted octanol–water partition coefficient (Wildman–Crippen LogP) is 4.81. The van der Waals surface area contributed by atoms with Gasteiger partial charge in [-0.05, 0) is 50.2 Å². The van der Waals surface area contributed by atoms with Gasteiger partial charge in [-0.3, -0.25) is 9.78 Å². The summed E-state index contributed by atoms with van der Waals surface area (Å²) in [7, 11) is 0. The summed E-state index contributed by atoms with van der Waals surface area (Å²) in [6.07, 6.45) is 3.17. The summed E-state index contributed by atoms with van der Waals surface area (Å²) in [6.45, 7) is 3.96. The Morgan fingerprint density at radius 3 is 2.57 bits per heavy atom. The average Bonchev–Trinajstić information content (AvgIpc) is 2.75. The van der Waals surface area contributed by atoms with Crippen molar-refractivity contribution in [1.82, 2.24) is 15.0 Å². The van der Waals surface area contributed by atoms with Crippen molar-refractivity contribution in [3.05, 3.63) is 78.9 Å². The van der Waals surface area contributed by atoms with Gasteiger partial charge in [0, 0.05) is 23.3 Å². The van der Waals surface area contributed by atoms with Crippen molar-refractivity contribution in [2.75, 3.05) is 10.6 Å². The predicted molar refractivity (Wildman–Crippen MR) is 117 cm³/mol. The van der Waals surface area contributed by atoms with Gasteiger partial charge >= 0.3 is 0 Å². The molecule has 0 unspecified atom stereocenters. The standard InChI is InChI=1S/C23H21N5O2/c1-15(2)30-18-10-8-17(9-11-18)27-21-13-20(25-14-26-21)23(29)28-19-7-3-5-16-6-4-12-24-22(16)19/h3-15H,1-2H3,(H,28,29)(H,25,26,27). The number of para-hydroxylation sites is 1. The Kier molecular flexibility index (Phi) is 5.52. The van der Waals surface area contributed by atoms with Crippen molar-refractivity contribution in [3.8, 4) is 5.75 Å². The second-order valence-corrected chi connectivity index (χ2v) is 6.94. The van der Waals surface area contributed by atoms with Crippen molar-refractivity contribution < 1.29 is 9.53 Å². The Morgan fingerprint density at radius 1 is 0.967 bits per heavy atom. The van der Waals surface area contributed by atoms with Gasteiger partial charge in [0.15, 0.2) is 0 Å². The van der Waals surface area contributed by atoms with Gasteiger partial charge in [-0.1, -0.05) is 18.2 Å². The highest BCUT2D eigenvalue weighted by Crippen LogP contribution is 2.22. The normalized spacial score (nSPS) is 10.8. The average molecular weight is 399 g/mol. The molecule has 7 nitrogen and oxygen atoms in total. The first-order valence-corrected chi connectivity index (χ1v) is 9.59. The van der Waals surface area contributed by atoms with E-state index in [0.717, 1.165) is 22.3 Å². The lowest BCUT2D eigenvalue weighted by Crippen LogP contribution is -2.14. The van der Waals surface area contributed by atoms with Gasteiger partial charge in [0.2, 0.25) is 0 Å². The number of fused-ring (bicyclic) bond motifs is 1. The molecule has 0 fully saturated rings. The molecule has 0 aliphatic heterocycles. The van der Waals surface area contributed by atoms with Crippen LogP contribution in [0.4, 0.5) is 17.2 Å². The van der Waals surface area contributed by atoms with Crippen molar-refractivity contribution in [3.63, 3.8) is 0 Å². The molecule has 2 N–H and O–H groups in total. The number of amides is 1. The van der Waals surface area contributed by atoms with Crippen molar-refractivity contribution >= 4 is 34.0 Å². The summed E-state index contributed by atoms with van der Waals surface area (Å²) in [5.74, 6) is 0.977. The van der Waals surface area contributed by atoms with E-state index in [1.54, 1.807) is 12.3 Å². The van der Waals surface area contributed by atoms with Crippen LogP contribution in [-0.4, -0.2) is 27.0 Å². The van der Waals surface area contributed by atoms with Crippen molar-refractivity contribution in [2.24, 2.45) is 0 Å². The van der Waals surface area contributed by atoms with Crippen LogP contribution in [0.25, 0.3) is 10.9 Å². The number of benzene rings is 2. The van der Waals surface area contributed by atoms with Gasteiger partial charge in [-0.25, -0.2) is 9.97 Å². The Morgan fingerprint density at radius 2 is 1.77 bits per heavy atom. The van der Waals surface area contributed by atoms with Crippen LogP contribution >= 0.6 is 0 Å². The topological polar surface area (TPSA) is 89.0 Å². The molecule has 0 radical (unpaired) electrons. The molecule has 0 aliphatic rings. The van der Waals surface area contributed by atoms with E-state index >= 15 is 0 Å². The quantitative estimate of drug-likeness (QED) is 0.484. The molecule has 4 rings (SSSR count). The molecule has 0 aliphatic carbocycles. The highest BCUT2D eigenvalue weighted by molar-refractivity contribution is 6.07. The number of nitrogens with zero attached hydrogens (tertiary/aromatic N) is 3. The minimum Gasteiger partial charge on any atom is -0.491 e. The molecule has 0 saturated carbocycles. The third-order valence-electron chi connectivity index (χ3n) is 4.28. The minimum absolute atomic E-state index is 0.115. The van der Waals surface area contributed by atoms with E-state index in [1.165, 1.54) is 6.33 Å². The molecule has 150 valence electrons. The summed E-state index contributed by atoms with van der Waals surface area (Å²) >= 11 is 0. The minimum atomic E-state index is -0.334. The van der Waals surface area contributed by atoms with Gasteiger partial charge < -0.3 is 15.4 Å². The molecule has 4 aromatic rings. The van der Waals surface area contributed by atoms with Gasteiger partial charge in [-0.15, -0.1) is 0 Å². The highest BCUT2D eigenvalue weighted by atomic mass is 16.5. The first-order valence-electron chi connectivity index (χ1n) is 9.59. The van der Waals surface area contributed by atoms with E-state index in [1.807, 2.05) is 68.4 Å². The zero-order chi connectivity index (χ0) is 20.9. The summed E-state index contributed by atoms with van der Waals surface area (Å²) in [6, 6.07) is 18.6. The van der Waals surface area contributed by atoms with Gasteiger partial charge in [0.05, 0.1) is 17.3 Å². The first-order chi connectivity index (χ1) is 14.6. The molecule has 0 atom stereocenters. The van der Waals surface area contributed by atoms with E-state index in [9.17, 15) is 4.79 Å². The molecule has 1 amide bonds. The summed E-state index contributed by atoms with van der Waals surface area (Å²) < 4.78 is 5.65. The third-order valence-corrected chi connectivity index (χ3v) is 4.28.